The molecule has 0 unspecified atom stereocenters. The smallest absolute Gasteiger partial charge is 0.131 e. The minimum Gasteiger partial charge on any atom is -0.493 e. The number of hydrogen-bond acceptors (Lipinski definition) is 4. The van der Waals surface area contributed by atoms with E-state index < -0.39 is 0 Å². The Labute approximate surface area is 181 Å². The van der Waals surface area contributed by atoms with Crippen LogP contribution in [0.25, 0.3) is 10.8 Å². The van der Waals surface area contributed by atoms with Gasteiger partial charge in [-0.05, 0) is 12.8 Å². The van der Waals surface area contributed by atoms with Crippen LogP contribution in [0, 0.1) is 22.7 Å². The second-order valence-electron chi connectivity index (χ2n) is 7.69. The molecule has 0 aromatic heterocycles. The van der Waals surface area contributed by atoms with E-state index in [0.29, 0.717) is 26.1 Å². The summed E-state index contributed by atoms with van der Waals surface area (Å²) >= 11 is 0. The van der Waals surface area contributed by atoms with Crippen molar-refractivity contribution in [2.24, 2.45) is 0 Å². The monoisotopic (exact) mass is 406 g/mol. The highest BCUT2D eigenvalue weighted by atomic mass is 16.5. The largest absolute Gasteiger partial charge is 0.493 e. The van der Waals surface area contributed by atoms with Gasteiger partial charge in [-0.2, -0.15) is 10.5 Å². The van der Waals surface area contributed by atoms with Gasteiger partial charge in [-0.15, -0.1) is 0 Å². The van der Waals surface area contributed by atoms with E-state index in [1.807, 2.05) is 24.3 Å². The van der Waals surface area contributed by atoms with Crippen LogP contribution >= 0.6 is 0 Å². The van der Waals surface area contributed by atoms with Crippen molar-refractivity contribution in [3.8, 4) is 23.6 Å². The summed E-state index contributed by atoms with van der Waals surface area (Å²) in [5, 5.41) is 20.4. The van der Waals surface area contributed by atoms with Crippen molar-refractivity contribution >= 4 is 10.8 Å². The molecule has 4 heteroatoms. The predicted octanol–water partition coefficient (Wildman–Crippen LogP) is 6.89. The van der Waals surface area contributed by atoms with Crippen LogP contribution in [0.1, 0.15) is 76.3 Å². The first kappa shape index (κ1) is 23.6. The van der Waals surface area contributed by atoms with Crippen molar-refractivity contribution in [2.45, 2.75) is 78.1 Å². The molecule has 160 valence electrons. The predicted molar refractivity (Wildman–Crippen MR) is 122 cm³/mol. The summed E-state index contributed by atoms with van der Waals surface area (Å²) in [6, 6.07) is 12.4. The first-order valence-corrected chi connectivity index (χ1v) is 11.3. The van der Waals surface area contributed by atoms with E-state index in [2.05, 4.69) is 26.0 Å². The number of benzene rings is 2. The van der Waals surface area contributed by atoms with E-state index in [4.69, 9.17) is 9.47 Å². The van der Waals surface area contributed by atoms with Crippen LogP contribution in [0.4, 0.5) is 0 Å². The highest BCUT2D eigenvalue weighted by Gasteiger charge is 2.15. The zero-order valence-corrected chi connectivity index (χ0v) is 18.5. The molecule has 0 aliphatic heterocycles. The fourth-order valence-electron chi connectivity index (χ4n) is 3.64. The normalized spacial score (nSPS) is 10.5. The molecule has 0 aliphatic carbocycles. The molecule has 0 saturated heterocycles. The Morgan fingerprint density at radius 2 is 1.07 bits per heavy atom. The van der Waals surface area contributed by atoms with Gasteiger partial charge in [-0.3, -0.25) is 0 Å². The number of nitrogens with zero attached hydrogens (tertiary/aromatic N) is 2. The van der Waals surface area contributed by atoms with Gasteiger partial charge in [0.05, 0.1) is 38.2 Å². The summed E-state index contributed by atoms with van der Waals surface area (Å²) in [4.78, 5) is 0. The van der Waals surface area contributed by atoms with Gasteiger partial charge < -0.3 is 9.47 Å². The van der Waals surface area contributed by atoms with Crippen LogP contribution in [0.3, 0.4) is 0 Å². The summed E-state index contributed by atoms with van der Waals surface area (Å²) in [5.74, 6) is 1.56. The second-order valence-corrected chi connectivity index (χ2v) is 7.69. The molecule has 0 aliphatic rings. The van der Waals surface area contributed by atoms with Gasteiger partial charge in [0.15, 0.2) is 0 Å². The number of rotatable bonds is 14. The lowest BCUT2D eigenvalue weighted by atomic mass is 9.99. The molecule has 2 rings (SSSR count). The van der Waals surface area contributed by atoms with E-state index in [0.717, 1.165) is 59.1 Å². The average molecular weight is 407 g/mol. The van der Waals surface area contributed by atoms with Crippen LogP contribution in [-0.2, 0) is 12.8 Å². The van der Waals surface area contributed by atoms with Gasteiger partial charge in [-0.1, -0.05) is 76.6 Å². The Hall–Kier alpha value is -2.72. The molecule has 0 N–H and O–H groups in total. The molecule has 2 aromatic carbocycles. The summed E-state index contributed by atoms with van der Waals surface area (Å²) in [7, 11) is 0. The lowest BCUT2D eigenvalue weighted by Gasteiger charge is -2.17. The molecule has 0 heterocycles. The third-order valence-electron chi connectivity index (χ3n) is 5.29. The van der Waals surface area contributed by atoms with Crippen LogP contribution in [0.15, 0.2) is 24.3 Å². The maximum atomic E-state index is 9.25. The summed E-state index contributed by atoms with van der Waals surface area (Å²) < 4.78 is 12.4. The van der Waals surface area contributed by atoms with E-state index >= 15 is 0 Å². The minimum atomic E-state index is 0.313. The zero-order chi connectivity index (χ0) is 21.6. The molecular formula is C26H34N2O2. The standard InChI is InChI=1S/C26H34N2O2/c1-3-5-7-9-19-29-25-21(15-17-27)11-14-24-23(25)13-12-22(16-18-28)26(24)30-20-10-8-6-4-2/h11-14H,3-10,15-16,19-20H2,1-2H3. The number of unbranched alkanes of at least 4 members (excludes halogenated alkanes) is 6. The zero-order valence-electron chi connectivity index (χ0n) is 18.5. The Morgan fingerprint density at radius 3 is 1.43 bits per heavy atom. The summed E-state index contributed by atoms with van der Waals surface area (Å²) in [6.45, 7) is 5.67. The van der Waals surface area contributed by atoms with E-state index in [1.54, 1.807) is 0 Å². The molecule has 30 heavy (non-hydrogen) atoms. The molecule has 4 nitrogen and oxygen atoms in total. The van der Waals surface area contributed by atoms with Crippen molar-refractivity contribution in [1.82, 2.24) is 0 Å². The second kappa shape index (κ2) is 13.5. The van der Waals surface area contributed by atoms with Gasteiger partial charge in [0.2, 0.25) is 0 Å². The molecule has 0 fully saturated rings. The molecule has 0 radical (unpaired) electrons. The highest BCUT2D eigenvalue weighted by Crippen LogP contribution is 2.38. The SMILES string of the molecule is CCCCCCOc1c(CC#N)ccc2c(OCCCCCC)c(CC#N)ccc12. The number of fused-ring (bicyclic) bond motifs is 1. The molecule has 0 spiro atoms. The molecule has 0 bridgehead atoms. The number of hydrogen-bond donors (Lipinski definition) is 0. The number of nitriles is 2. The topological polar surface area (TPSA) is 66.0 Å². The van der Waals surface area contributed by atoms with Crippen molar-refractivity contribution < 1.29 is 9.47 Å². The molecule has 0 amide bonds. The Balaban J connectivity index is 2.35. The Morgan fingerprint density at radius 1 is 0.633 bits per heavy atom. The lowest BCUT2D eigenvalue weighted by molar-refractivity contribution is 0.303. The third kappa shape index (κ3) is 6.67. The maximum absolute atomic E-state index is 9.25. The Kier molecular flexibility index (Phi) is 10.6. The summed E-state index contributed by atoms with van der Waals surface area (Å²) in [5.41, 5.74) is 1.81. The number of ether oxygens (including phenoxy) is 2. The summed E-state index contributed by atoms with van der Waals surface area (Å²) in [6.07, 6.45) is 9.71. The average Bonchev–Trinajstić information content (AvgIpc) is 2.75. The fraction of sp³-hybridized carbons (Fsp3) is 0.538. The van der Waals surface area contributed by atoms with Crippen molar-refractivity contribution in [3.05, 3.63) is 35.4 Å². The van der Waals surface area contributed by atoms with Gasteiger partial charge in [0.25, 0.3) is 0 Å². The quantitative estimate of drug-likeness (QED) is 0.320. The Bertz CT molecular complexity index is 804. The molecular weight excluding hydrogens is 372 g/mol. The van der Waals surface area contributed by atoms with Crippen molar-refractivity contribution in [2.75, 3.05) is 13.2 Å². The maximum Gasteiger partial charge on any atom is 0.131 e. The molecule has 2 aromatic rings. The molecule has 0 saturated carbocycles. The lowest BCUT2D eigenvalue weighted by Crippen LogP contribution is -2.04. The van der Waals surface area contributed by atoms with Crippen LogP contribution < -0.4 is 9.47 Å². The van der Waals surface area contributed by atoms with E-state index in [1.165, 1.54) is 25.7 Å². The third-order valence-corrected chi connectivity index (χ3v) is 5.29. The van der Waals surface area contributed by atoms with Gasteiger partial charge in [0, 0.05) is 21.9 Å². The van der Waals surface area contributed by atoms with Gasteiger partial charge in [0.1, 0.15) is 11.5 Å². The first-order chi connectivity index (χ1) is 14.8. The highest BCUT2D eigenvalue weighted by molar-refractivity contribution is 5.95. The van der Waals surface area contributed by atoms with Crippen LogP contribution in [0.2, 0.25) is 0 Å². The van der Waals surface area contributed by atoms with Crippen LogP contribution in [0.5, 0.6) is 11.5 Å². The van der Waals surface area contributed by atoms with Crippen LogP contribution in [-0.4, -0.2) is 13.2 Å². The van der Waals surface area contributed by atoms with E-state index in [9.17, 15) is 10.5 Å². The first-order valence-electron chi connectivity index (χ1n) is 11.3. The fourth-order valence-corrected chi connectivity index (χ4v) is 3.64. The van der Waals surface area contributed by atoms with Crippen molar-refractivity contribution in [3.63, 3.8) is 0 Å². The van der Waals surface area contributed by atoms with E-state index in [-0.39, 0.29) is 0 Å². The van der Waals surface area contributed by atoms with Gasteiger partial charge in [-0.25, -0.2) is 0 Å². The minimum absolute atomic E-state index is 0.313. The molecule has 0 atom stereocenters. The van der Waals surface area contributed by atoms with Crippen molar-refractivity contribution in [1.29, 1.82) is 10.5 Å². The van der Waals surface area contributed by atoms with Gasteiger partial charge >= 0.3 is 0 Å².